The minimum Gasteiger partial charge on any atom is -0.392 e. The molecule has 0 radical (unpaired) electrons. The van der Waals surface area contributed by atoms with Crippen molar-refractivity contribution < 1.29 is 5.11 Å². The van der Waals surface area contributed by atoms with Gasteiger partial charge in [0.1, 0.15) is 0 Å². The second kappa shape index (κ2) is 3.20. The Labute approximate surface area is 62.8 Å². The fourth-order valence-electron chi connectivity index (χ4n) is 1.66. The summed E-state index contributed by atoms with van der Waals surface area (Å²) in [5, 5.41) is 9.44. The molecule has 0 saturated heterocycles. The lowest BCUT2D eigenvalue weighted by atomic mass is 9.95. The van der Waals surface area contributed by atoms with Crippen LogP contribution in [0, 0.1) is 5.92 Å². The molecule has 0 amide bonds. The van der Waals surface area contributed by atoms with E-state index in [4.69, 9.17) is 0 Å². The van der Waals surface area contributed by atoms with Crippen molar-refractivity contribution in [2.24, 2.45) is 5.92 Å². The molecule has 0 heterocycles. The number of hydrogen-bond donors (Lipinski definition) is 1. The summed E-state index contributed by atoms with van der Waals surface area (Å²) in [6.45, 7) is 4.29. The van der Waals surface area contributed by atoms with E-state index in [-0.39, 0.29) is 6.10 Å². The summed E-state index contributed by atoms with van der Waals surface area (Å²) < 4.78 is 0. The fourth-order valence-corrected chi connectivity index (χ4v) is 1.66. The van der Waals surface area contributed by atoms with Crippen LogP contribution in [0.15, 0.2) is 11.6 Å². The van der Waals surface area contributed by atoms with Crippen LogP contribution in [0.3, 0.4) is 0 Å². The predicted octanol–water partition coefficient (Wildman–Crippen LogP) is 2.11. The third-order valence-corrected chi connectivity index (χ3v) is 2.33. The maximum atomic E-state index is 9.44. The summed E-state index contributed by atoms with van der Waals surface area (Å²) in [5.41, 5.74) is 1.38. The van der Waals surface area contributed by atoms with E-state index in [9.17, 15) is 5.11 Å². The molecule has 0 fully saturated rings. The highest BCUT2D eigenvalue weighted by atomic mass is 16.3. The molecular weight excluding hydrogens is 124 g/mol. The Hall–Kier alpha value is -0.300. The van der Waals surface area contributed by atoms with E-state index < -0.39 is 0 Å². The Morgan fingerprint density at radius 1 is 1.70 bits per heavy atom. The molecule has 0 aromatic heterocycles. The van der Waals surface area contributed by atoms with Gasteiger partial charge < -0.3 is 5.11 Å². The molecule has 0 aromatic rings. The van der Waals surface area contributed by atoms with E-state index in [1.807, 2.05) is 0 Å². The van der Waals surface area contributed by atoms with Crippen molar-refractivity contribution in [3.63, 3.8) is 0 Å². The Balaban J connectivity index is 2.47. The molecule has 2 unspecified atom stereocenters. The molecule has 10 heavy (non-hydrogen) atoms. The zero-order chi connectivity index (χ0) is 7.56. The average molecular weight is 140 g/mol. The zero-order valence-corrected chi connectivity index (χ0v) is 6.80. The monoisotopic (exact) mass is 140 g/mol. The Bertz CT molecular complexity index is 138. The summed E-state index contributed by atoms with van der Waals surface area (Å²) in [7, 11) is 0. The third kappa shape index (κ3) is 1.40. The Morgan fingerprint density at radius 3 is 2.80 bits per heavy atom. The van der Waals surface area contributed by atoms with Crippen LogP contribution in [0.5, 0.6) is 0 Å². The van der Waals surface area contributed by atoms with E-state index in [0.717, 1.165) is 12.8 Å². The zero-order valence-electron chi connectivity index (χ0n) is 6.80. The first-order valence-electron chi connectivity index (χ1n) is 4.10. The van der Waals surface area contributed by atoms with Crippen molar-refractivity contribution in [1.29, 1.82) is 0 Å². The van der Waals surface area contributed by atoms with Gasteiger partial charge in [-0.05, 0) is 19.8 Å². The minimum atomic E-state index is -0.0834. The standard InChI is InChI=1S/C9H16O/c1-3-4-8-7(2)5-6-9(8)10/h5,8-10H,3-4,6H2,1-2H3. The van der Waals surface area contributed by atoms with Gasteiger partial charge in [0.25, 0.3) is 0 Å². The molecule has 1 heteroatoms. The molecule has 0 aliphatic heterocycles. The van der Waals surface area contributed by atoms with Crippen LogP contribution in [0.4, 0.5) is 0 Å². The molecule has 1 nitrogen and oxygen atoms in total. The summed E-state index contributed by atoms with van der Waals surface area (Å²) in [6.07, 6.45) is 5.26. The van der Waals surface area contributed by atoms with Crippen molar-refractivity contribution in [1.82, 2.24) is 0 Å². The molecule has 0 saturated carbocycles. The van der Waals surface area contributed by atoms with Crippen LogP contribution in [0.25, 0.3) is 0 Å². The second-order valence-corrected chi connectivity index (χ2v) is 3.15. The minimum absolute atomic E-state index is 0.0834. The van der Waals surface area contributed by atoms with Gasteiger partial charge in [0.05, 0.1) is 6.10 Å². The number of aliphatic hydroxyl groups is 1. The van der Waals surface area contributed by atoms with Crippen molar-refractivity contribution in [2.75, 3.05) is 0 Å². The number of aliphatic hydroxyl groups excluding tert-OH is 1. The average Bonchev–Trinajstić information content (AvgIpc) is 2.20. The normalized spacial score (nSPS) is 32.5. The van der Waals surface area contributed by atoms with Crippen LogP contribution in [0.1, 0.15) is 33.1 Å². The maximum absolute atomic E-state index is 9.44. The van der Waals surface area contributed by atoms with Crippen molar-refractivity contribution in [3.05, 3.63) is 11.6 Å². The first-order chi connectivity index (χ1) is 4.75. The first kappa shape index (κ1) is 7.80. The SMILES string of the molecule is CCCC1C(C)=CCC1O. The van der Waals surface area contributed by atoms with Crippen LogP contribution in [-0.2, 0) is 0 Å². The van der Waals surface area contributed by atoms with Gasteiger partial charge in [-0.3, -0.25) is 0 Å². The molecule has 1 aliphatic carbocycles. The van der Waals surface area contributed by atoms with E-state index in [1.54, 1.807) is 0 Å². The van der Waals surface area contributed by atoms with Crippen LogP contribution < -0.4 is 0 Å². The molecule has 1 rings (SSSR count). The van der Waals surface area contributed by atoms with E-state index in [2.05, 4.69) is 19.9 Å². The molecule has 0 bridgehead atoms. The van der Waals surface area contributed by atoms with Crippen LogP contribution in [-0.4, -0.2) is 11.2 Å². The lowest BCUT2D eigenvalue weighted by molar-refractivity contribution is 0.134. The van der Waals surface area contributed by atoms with Gasteiger partial charge in [-0.1, -0.05) is 25.0 Å². The van der Waals surface area contributed by atoms with Crippen molar-refractivity contribution >= 4 is 0 Å². The summed E-state index contributed by atoms with van der Waals surface area (Å²) in [5.74, 6) is 0.463. The lowest BCUT2D eigenvalue weighted by Gasteiger charge is -2.15. The van der Waals surface area contributed by atoms with Gasteiger partial charge in [-0.2, -0.15) is 0 Å². The first-order valence-corrected chi connectivity index (χ1v) is 4.10. The number of rotatable bonds is 2. The second-order valence-electron chi connectivity index (χ2n) is 3.15. The quantitative estimate of drug-likeness (QED) is 0.582. The molecule has 0 aromatic carbocycles. The van der Waals surface area contributed by atoms with Gasteiger partial charge >= 0.3 is 0 Å². The van der Waals surface area contributed by atoms with Gasteiger partial charge in [0, 0.05) is 5.92 Å². The topological polar surface area (TPSA) is 20.2 Å². The van der Waals surface area contributed by atoms with Gasteiger partial charge in [-0.25, -0.2) is 0 Å². The van der Waals surface area contributed by atoms with Gasteiger partial charge in [-0.15, -0.1) is 0 Å². The molecule has 1 aliphatic rings. The summed E-state index contributed by atoms with van der Waals surface area (Å²) >= 11 is 0. The molecule has 2 atom stereocenters. The Kier molecular flexibility index (Phi) is 2.50. The van der Waals surface area contributed by atoms with E-state index >= 15 is 0 Å². The molecular formula is C9H16O. The number of hydrogen-bond acceptors (Lipinski definition) is 1. The summed E-state index contributed by atoms with van der Waals surface area (Å²) in [6, 6.07) is 0. The molecule has 1 N–H and O–H groups in total. The third-order valence-electron chi connectivity index (χ3n) is 2.33. The Morgan fingerprint density at radius 2 is 2.40 bits per heavy atom. The molecule has 58 valence electrons. The van der Waals surface area contributed by atoms with Crippen molar-refractivity contribution in [2.45, 2.75) is 39.2 Å². The fraction of sp³-hybridized carbons (Fsp3) is 0.778. The lowest BCUT2D eigenvalue weighted by Crippen LogP contribution is -2.15. The van der Waals surface area contributed by atoms with E-state index in [1.165, 1.54) is 12.0 Å². The smallest absolute Gasteiger partial charge is 0.0639 e. The van der Waals surface area contributed by atoms with Gasteiger partial charge in [0.2, 0.25) is 0 Å². The van der Waals surface area contributed by atoms with Crippen molar-refractivity contribution in [3.8, 4) is 0 Å². The van der Waals surface area contributed by atoms with Crippen LogP contribution >= 0.6 is 0 Å². The largest absolute Gasteiger partial charge is 0.392 e. The van der Waals surface area contributed by atoms with Gasteiger partial charge in [0.15, 0.2) is 0 Å². The highest BCUT2D eigenvalue weighted by molar-refractivity contribution is 5.13. The molecule has 0 spiro atoms. The maximum Gasteiger partial charge on any atom is 0.0639 e. The van der Waals surface area contributed by atoms with E-state index in [0.29, 0.717) is 5.92 Å². The highest BCUT2D eigenvalue weighted by Crippen LogP contribution is 2.29. The van der Waals surface area contributed by atoms with Crippen LogP contribution in [0.2, 0.25) is 0 Å². The predicted molar refractivity (Wildman–Crippen MR) is 42.8 cm³/mol. The summed E-state index contributed by atoms with van der Waals surface area (Å²) in [4.78, 5) is 0. The highest BCUT2D eigenvalue weighted by Gasteiger charge is 2.23.